The summed E-state index contributed by atoms with van der Waals surface area (Å²) in [7, 11) is 1.41. The van der Waals surface area contributed by atoms with Gasteiger partial charge in [0, 0.05) is 5.56 Å². The molecule has 112 valence electrons. The molecule has 0 aliphatic heterocycles. The predicted octanol–water partition coefficient (Wildman–Crippen LogP) is 3.03. The molecule has 3 N–H and O–H groups in total. The summed E-state index contributed by atoms with van der Waals surface area (Å²) in [4.78, 5) is 0. The van der Waals surface area contributed by atoms with Crippen molar-refractivity contribution >= 4 is 0 Å². The van der Waals surface area contributed by atoms with E-state index in [4.69, 9.17) is 10.6 Å². The predicted molar refractivity (Wildman–Crippen MR) is 77.9 cm³/mol. The molecule has 2 rings (SSSR count). The van der Waals surface area contributed by atoms with E-state index in [1.165, 1.54) is 19.2 Å². The van der Waals surface area contributed by atoms with Crippen LogP contribution in [0, 0.1) is 18.6 Å². The van der Waals surface area contributed by atoms with E-state index < -0.39 is 11.9 Å². The highest BCUT2D eigenvalue weighted by Crippen LogP contribution is 2.24. The maximum absolute atomic E-state index is 13.9. The van der Waals surface area contributed by atoms with Crippen molar-refractivity contribution in [3.8, 4) is 5.75 Å². The number of benzene rings is 2. The van der Waals surface area contributed by atoms with Crippen molar-refractivity contribution in [1.82, 2.24) is 5.43 Å². The Morgan fingerprint density at radius 1 is 1.14 bits per heavy atom. The van der Waals surface area contributed by atoms with E-state index in [0.717, 1.165) is 5.56 Å². The minimum atomic E-state index is -0.449. The largest absolute Gasteiger partial charge is 0.494 e. The summed E-state index contributed by atoms with van der Waals surface area (Å²) < 4.78 is 32.5. The molecule has 2 aromatic rings. The first-order valence-electron chi connectivity index (χ1n) is 6.59. The summed E-state index contributed by atoms with van der Waals surface area (Å²) in [5.74, 6) is 4.92. The second-order valence-electron chi connectivity index (χ2n) is 4.92. The third-order valence-corrected chi connectivity index (χ3v) is 3.38. The average molecular weight is 292 g/mol. The number of aryl methyl sites for hydroxylation is 1. The number of rotatable bonds is 5. The third-order valence-electron chi connectivity index (χ3n) is 3.38. The molecule has 0 bridgehead atoms. The molecule has 0 aliphatic carbocycles. The summed E-state index contributed by atoms with van der Waals surface area (Å²) >= 11 is 0. The van der Waals surface area contributed by atoms with Gasteiger partial charge in [-0.05, 0) is 37.1 Å². The monoisotopic (exact) mass is 292 g/mol. The molecule has 0 fully saturated rings. The summed E-state index contributed by atoms with van der Waals surface area (Å²) in [5, 5.41) is 0. The Hall–Kier alpha value is -1.98. The summed E-state index contributed by atoms with van der Waals surface area (Å²) in [6.07, 6.45) is 0.373. The zero-order valence-corrected chi connectivity index (χ0v) is 12.0. The van der Waals surface area contributed by atoms with Gasteiger partial charge in [0.05, 0.1) is 13.2 Å². The second kappa shape index (κ2) is 6.65. The first-order valence-corrected chi connectivity index (χ1v) is 6.59. The Kier molecular flexibility index (Phi) is 4.88. The molecule has 0 saturated carbocycles. The molecule has 0 aliphatic rings. The average Bonchev–Trinajstić information content (AvgIpc) is 2.47. The van der Waals surface area contributed by atoms with E-state index in [-0.39, 0.29) is 11.6 Å². The van der Waals surface area contributed by atoms with Crippen LogP contribution in [-0.2, 0) is 6.42 Å². The molecule has 0 aromatic heterocycles. The van der Waals surface area contributed by atoms with Gasteiger partial charge in [-0.15, -0.1) is 0 Å². The Balaban J connectivity index is 2.26. The number of methoxy groups -OCH3 is 1. The third kappa shape index (κ3) is 3.56. The van der Waals surface area contributed by atoms with Gasteiger partial charge >= 0.3 is 0 Å². The van der Waals surface area contributed by atoms with Crippen LogP contribution in [0.5, 0.6) is 5.75 Å². The van der Waals surface area contributed by atoms with Gasteiger partial charge in [0.2, 0.25) is 0 Å². The highest BCUT2D eigenvalue weighted by atomic mass is 19.1. The van der Waals surface area contributed by atoms with Gasteiger partial charge < -0.3 is 4.74 Å². The van der Waals surface area contributed by atoms with Crippen LogP contribution in [0.2, 0.25) is 0 Å². The zero-order valence-electron chi connectivity index (χ0n) is 12.0. The quantitative estimate of drug-likeness (QED) is 0.658. The van der Waals surface area contributed by atoms with Crippen LogP contribution in [0.25, 0.3) is 0 Å². The van der Waals surface area contributed by atoms with Crippen molar-refractivity contribution in [2.24, 2.45) is 5.84 Å². The molecule has 5 heteroatoms. The van der Waals surface area contributed by atoms with Crippen LogP contribution < -0.4 is 16.0 Å². The number of hydrazine groups is 1. The number of hydrogen-bond acceptors (Lipinski definition) is 3. The molecular formula is C16H18F2N2O. The van der Waals surface area contributed by atoms with Crippen molar-refractivity contribution in [2.75, 3.05) is 7.11 Å². The van der Waals surface area contributed by atoms with Gasteiger partial charge in [-0.25, -0.2) is 8.78 Å². The minimum absolute atomic E-state index is 0.178. The SMILES string of the molecule is COc1ccc(CC(NN)c2cc(C)ccc2F)cc1F. The number of halogens is 2. The molecule has 0 heterocycles. The molecule has 0 radical (unpaired) electrons. The fraction of sp³-hybridized carbons (Fsp3) is 0.250. The van der Waals surface area contributed by atoms with Crippen LogP contribution in [-0.4, -0.2) is 7.11 Å². The van der Waals surface area contributed by atoms with Gasteiger partial charge in [-0.1, -0.05) is 23.8 Å². The van der Waals surface area contributed by atoms with Crippen molar-refractivity contribution in [1.29, 1.82) is 0 Å². The van der Waals surface area contributed by atoms with E-state index in [1.54, 1.807) is 24.3 Å². The normalized spacial score (nSPS) is 12.2. The lowest BCUT2D eigenvalue weighted by atomic mass is 9.97. The van der Waals surface area contributed by atoms with Crippen LogP contribution in [0.15, 0.2) is 36.4 Å². The van der Waals surface area contributed by atoms with E-state index >= 15 is 0 Å². The lowest BCUT2D eigenvalue weighted by Crippen LogP contribution is -2.30. The molecule has 1 atom stereocenters. The Bertz CT molecular complexity index is 632. The minimum Gasteiger partial charge on any atom is -0.494 e. The van der Waals surface area contributed by atoms with Gasteiger partial charge in [0.1, 0.15) is 5.82 Å². The lowest BCUT2D eigenvalue weighted by molar-refractivity contribution is 0.386. The summed E-state index contributed by atoms with van der Waals surface area (Å²) in [5.41, 5.74) is 4.70. The van der Waals surface area contributed by atoms with Crippen LogP contribution in [0.3, 0.4) is 0 Å². The molecule has 0 amide bonds. The number of nitrogens with one attached hydrogen (secondary N) is 1. The zero-order chi connectivity index (χ0) is 15.4. The van der Waals surface area contributed by atoms with Crippen LogP contribution >= 0.6 is 0 Å². The van der Waals surface area contributed by atoms with Crippen molar-refractivity contribution in [3.63, 3.8) is 0 Å². The lowest BCUT2D eigenvalue weighted by Gasteiger charge is -2.18. The highest BCUT2D eigenvalue weighted by Gasteiger charge is 2.16. The summed E-state index contributed by atoms with van der Waals surface area (Å²) in [6, 6.07) is 9.06. The van der Waals surface area contributed by atoms with Gasteiger partial charge in [0.15, 0.2) is 11.6 Å². The fourth-order valence-corrected chi connectivity index (χ4v) is 2.26. The highest BCUT2D eigenvalue weighted by molar-refractivity contribution is 5.32. The molecule has 1 unspecified atom stereocenters. The maximum atomic E-state index is 13.9. The molecule has 21 heavy (non-hydrogen) atoms. The molecule has 0 saturated heterocycles. The molecule has 2 aromatic carbocycles. The van der Waals surface area contributed by atoms with Gasteiger partial charge in [-0.2, -0.15) is 0 Å². The number of nitrogens with two attached hydrogens (primary N) is 1. The second-order valence-corrected chi connectivity index (χ2v) is 4.92. The van der Waals surface area contributed by atoms with Gasteiger partial charge in [-0.3, -0.25) is 11.3 Å². The van der Waals surface area contributed by atoms with Gasteiger partial charge in [0.25, 0.3) is 0 Å². The Morgan fingerprint density at radius 3 is 2.52 bits per heavy atom. The van der Waals surface area contributed by atoms with Crippen molar-refractivity contribution < 1.29 is 13.5 Å². The van der Waals surface area contributed by atoms with E-state index in [1.807, 2.05) is 6.92 Å². The van der Waals surface area contributed by atoms with Crippen molar-refractivity contribution in [2.45, 2.75) is 19.4 Å². The Morgan fingerprint density at radius 2 is 1.90 bits per heavy atom. The first kappa shape index (κ1) is 15.4. The number of ether oxygens (including phenoxy) is 1. The van der Waals surface area contributed by atoms with E-state index in [0.29, 0.717) is 17.5 Å². The first-order chi connectivity index (χ1) is 10.0. The molecule has 0 spiro atoms. The van der Waals surface area contributed by atoms with Crippen molar-refractivity contribution in [3.05, 3.63) is 64.7 Å². The number of hydrogen-bond donors (Lipinski definition) is 2. The Labute approximate surface area is 122 Å². The molecular weight excluding hydrogens is 274 g/mol. The van der Waals surface area contributed by atoms with E-state index in [2.05, 4.69) is 5.43 Å². The smallest absolute Gasteiger partial charge is 0.165 e. The maximum Gasteiger partial charge on any atom is 0.165 e. The van der Waals surface area contributed by atoms with E-state index in [9.17, 15) is 8.78 Å². The summed E-state index contributed by atoms with van der Waals surface area (Å²) in [6.45, 7) is 1.88. The fourth-order valence-electron chi connectivity index (χ4n) is 2.26. The topological polar surface area (TPSA) is 47.3 Å². The van der Waals surface area contributed by atoms with Crippen LogP contribution in [0.1, 0.15) is 22.7 Å². The molecule has 3 nitrogen and oxygen atoms in total. The van der Waals surface area contributed by atoms with Crippen LogP contribution in [0.4, 0.5) is 8.78 Å². The standard InChI is InChI=1S/C16H18F2N2O/c1-10-3-5-13(17)12(7-10)15(20-19)9-11-4-6-16(21-2)14(18)8-11/h3-8,15,20H,9,19H2,1-2H3.